The van der Waals surface area contributed by atoms with Crippen LogP contribution >= 0.6 is 0 Å². The number of hydrogen-bond donors (Lipinski definition) is 1. The van der Waals surface area contributed by atoms with E-state index in [0.29, 0.717) is 5.56 Å². The summed E-state index contributed by atoms with van der Waals surface area (Å²) < 4.78 is 31.7. The van der Waals surface area contributed by atoms with Gasteiger partial charge in [-0.05, 0) is 48.5 Å². The minimum atomic E-state index is -2.00. The number of esters is 4. The average Bonchev–Trinajstić information content (AvgIpc) is 3.79. The number of anilines is 1. The molecule has 0 saturated carbocycles. The zero-order chi connectivity index (χ0) is 39.1. The van der Waals surface area contributed by atoms with Crippen LogP contribution in [-0.4, -0.2) is 80.3 Å². The van der Waals surface area contributed by atoms with E-state index in [1.54, 1.807) is 109 Å². The maximum atomic E-state index is 13.8. The van der Waals surface area contributed by atoms with Crippen LogP contribution in [0.25, 0.3) is 11.2 Å². The topological polar surface area (TPSA) is 187 Å². The van der Waals surface area contributed by atoms with Crippen LogP contribution in [-0.2, 0) is 28.5 Å². The monoisotopic (exact) mass is 755 g/mol. The van der Waals surface area contributed by atoms with Crippen LogP contribution in [0.1, 0.15) is 54.6 Å². The Bertz CT molecular complexity index is 2300. The predicted octanol–water partition coefficient (Wildman–Crippen LogP) is 5.22. The summed E-state index contributed by atoms with van der Waals surface area (Å²) in [5, 5.41) is 2.74. The Morgan fingerprint density at radius 3 is 1.68 bits per heavy atom. The van der Waals surface area contributed by atoms with Gasteiger partial charge in [-0.1, -0.05) is 72.8 Å². The van der Waals surface area contributed by atoms with Crippen LogP contribution in [0.4, 0.5) is 5.82 Å². The van der Waals surface area contributed by atoms with Crippen LogP contribution in [0.5, 0.6) is 0 Å². The number of rotatable bonds is 12. The molecule has 4 aromatic carbocycles. The Morgan fingerprint density at radius 2 is 1.16 bits per heavy atom. The molecular weight excluding hydrogens is 722 g/mol. The highest BCUT2D eigenvalue weighted by molar-refractivity contribution is 6.06. The van der Waals surface area contributed by atoms with Crippen molar-refractivity contribution in [3.63, 3.8) is 0 Å². The molecule has 15 heteroatoms. The summed E-state index contributed by atoms with van der Waals surface area (Å²) in [4.78, 5) is 79.5. The Labute approximate surface area is 319 Å². The molecule has 282 valence electrons. The summed E-state index contributed by atoms with van der Waals surface area (Å²) in [5.41, 5.74) is -0.812. The molecule has 1 saturated heterocycles. The molecule has 0 bridgehead atoms. The van der Waals surface area contributed by atoms with Gasteiger partial charge in [0.2, 0.25) is 0 Å². The number of fused-ring (bicyclic) bond motifs is 1. The van der Waals surface area contributed by atoms with Gasteiger partial charge in [0, 0.05) is 12.5 Å². The first kappa shape index (κ1) is 37.1. The summed E-state index contributed by atoms with van der Waals surface area (Å²) in [6, 6.07) is 32.7. The number of nitrogens with zero attached hydrogens (tertiary/aromatic N) is 4. The number of aromatic nitrogens is 4. The number of amides is 1. The fraction of sp³-hybridized carbons (Fsp3) is 0.171. The lowest BCUT2D eigenvalue weighted by Gasteiger charge is -2.33. The summed E-state index contributed by atoms with van der Waals surface area (Å²) in [6.07, 6.45) is -1.93. The zero-order valence-electron chi connectivity index (χ0n) is 29.7. The van der Waals surface area contributed by atoms with Crippen molar-refractivity contribution in [3.05, 3.63) is 156 Å². The first-order chi connectivity index (χ1) is 27.2. The Balaban J connectivity index is 1.31. The Hall–Kier alpha value is -7.26. The molecular formula is C41H33N5O10. The lowest BCUT2D eigenvalue weighted by Crippen LogP contribution is -2.54. The minimum Gasteiger partial charge on any atom is -0.459 e. The number of ether oxygens (including phenoxy) is 5. The van der Waals surface area contributed by atoms with Crippen molar-refractivity contribution < 1.29 is 47.7 Å². The van der Waals surface area contributed by atoms with Crippen LogP contribution in [0.3, 0.4) is 0 Å². The van der Waals surface area contributed by atoms with E-state index in [-0.39, 0.29) is 33.7 Å². The molecule has 15 nitrogen and oxygen atoms in total. The number of imidazole rings is 1. The first-order valence-corrected chi connectivity index (χ1v) is 17.3. The maximum absolute atomic E-state index is 13.8. The van der Waals surface area contributed by atoms with Crippen LogP contribution in [0.15, 0.2) is 134 Å². The molecule has 0 radical (unpaired) electrons. The van der Waals surface area contributed by atoms with E-state index >= 15 is 0 Å². The normalized spacial score (nSPS) is 17.1. The third-order valence-corrected chi connectivity index (χ3v) is 8.81. The second-order valence-electron chi connectivity index (χ2n) is 12.6. The van der Waals surface area contributed by atoms with Gasteiger partial charge in [0.25, 0.3) is 5.91 Å². The lowest BCUT2D eigenvalue weighted by atomic mass is 9.96. The quantitative estimate of drug-likeness (QED) is 0.127. The van der Waals surface area contributed by atoms with Crippen LogP contribution in [0.2, 0.25) is 0 Å². The zero-order valence-corrected chi connectivity index (χ0v) is 29.7. The molecule has 1 amide bonds. The van der Waals surface area contributed by atoms with E-state index in [1.165, 1.54) is 29.4 Å². The van der Waals surface area contributed by atoms with Gasteiger partial charge < -0.3 is 29.0 Å². The molecule has 3 atom stereocenters. The molecule has 0 aliphatic carbocycles. The summed E-state index contributed by atoms with van der Waals surface area (Å²) >= 11 is 0. The van der Waals surface area contributed by atoms with Crippen molar-refractivity contribution in [1.29, 1.82) is 0 Å². The van der Waals surface area contributed by atoms with Gasteiger partial charge in [0.15, 0.2) is 41.0 Å². The molecule has 1 aliphatic rings. The molecule has 1 fully saturated rings. The highest BCUT2D eigenvalue weighted by atomic mass is 16.7. The van der Waals surface area contributed by atoms with Crippen molar-refractivity contribution in [2.75, 3.05) is 18.5 Å². The summed E-state index contributed by atoms with van der Waals surface area (Å²) in [6.45, 7) is -0.142. The molecule has 3 heterocycles. The molecule has 1 aliphatic heterocycles. The maximum Gasteiger partial charge on any atom is 0.338 e. The Morgan fingerprint density at radius 1 is 0.661 bits per heavy atom. The van der Waals surface area contributed by atoms with Gasteiger partial charge in [-0.3, -0.25) is 14.2 Å². The van der Waals surface area contributed by atoms with E-state index in [2.05, 4.69) is 20.3 Å². The number of carbonyl (C=O) groups excluding carboxylic acids is 5. The number of nitrogens with one attached hydrogen (secondary N) is 1. The van der Waals surface area contributed by atoms with E-state index in [4.69, 9.17) is 23.7 Å². The van der Waals surface area contributed by atoms with Crippen molar-refractivity contribution in [2.45, 2.75) is 31.0 Å². The molecule has 0 unspecified atom stereocenters. The van der Waals surface area contributed by atoms with Crippen molar-refractivity contribution >= 4 is 46.8 Å². The third-order valence-electron chi connectivity index (χ3n) is 8.81. The van der Waals surface area contributed by atoms with E-state index in [1.807, 2.05) is 0 Å². The van der Waals surface area contributed by atoms with Gasteiger partial charge in [0.05, 0.1) is 23.0 Å². The van der Waals surface area contributed by atoms with E-state index in [0.717, 1.165) is 6.92 Å². The summed E-state index contributed by atoms with van der Waals surface area (Å²) in [5.74, 6) is -3.53. The van der Waals surface area contributed by atoms with Crippen LogP contribution in [0, 0.1) is 0 Å². The predicted molar refractivity (Wildman–Crippen MR) is 197 cm³/mol. The standard InChI is InChI=1S/C41H33N5O10/c1-26(47)54-32-33(55-40(51)30-20-12-5-13-21-30)41(22-52-38(49)28-16-8-3-9-17-28,23-53-39(50)29-18-10-4-11-19-29)56-37(32)46-25-44-31-34(42-24-43-35(31)46)45-36(48)27-14-6-2-7-15-27/h2-21,24-25,32-33,37H,22-23H2,1H3,(H,42,43,45,48)/t32-,33-,37-/m1/s1. The molecule has 7 rings (SSSR count). The first-order valence-electron chi connectivity index (χ1n) is 17.3. The number of benzene rings is 4. The van der Waals surface area contributed by atoms with E-state index < -0.39 is 67.0 Å². The second kappa shape index (κ2) is 16.4. The smallest absolute Gasteiger partial charge is 0.338 e. The van der Waals surface area contributed by atoms with Gasteiger partial charge >= 0.3 is 23.9 Å². The molecule has 2 aromatic heterocycles. The second-order valence-corrected chi connectivity index (χ2v) is 12.6. The largest absolute Gasteiger partial charge is 0.459 e. The molecule has 1 N–H and O–H groups in total. The Kier molecular flexibility index (Phi) is 10.9. The van der Waals surface area contributed by atoms with Crippen molar-refractivity contribution in [2.24, 2.45) is 0 Å². The van der Waals surface area contributed by atoms with Crippen LogP contribution < -0.4 is 5.32 Å². The SMILES string of the molecule is CC(=O)O[C@H]1[C@H](n2cnc3c(NC(=O)c4ccccc4)ncnc32)OC(COC(=O)c2ccccc2)(COC(=O)c2ccccc2)[C@@H]1OC(=O)c1ccccc1. The highest BCUT2D eigenvalue weighted by Gasteiger charge is 2.62. The lowest BCUT2D eigenvalue weighted by molar-refractivity contribution is -0.156. The molecule has 6 aromatic rings. The third kappa shape index (κ3) is 7.97. The van der Waals surface area contributed by atoms with Crippen molar-refractivity contribution in [1.82, 2.24) is 19.5 Å². The fourth-order valence-corrected chi connectivity index (χ4v) is 6.15. The number of carbonyl (C=O) groups is 5. The van der Waals surface area contributed by atoms with Gasteiger partial charge in [-0.15, -0.1) is 0 Å². The highest BCUT2D eigenvalue weighted by Crippen LogP contribution is 2.43. The van der Waals surface area contributed by atoms with Crippen molar-refractivity contribution in [3.8, 4) is 0 Å². The van der Waals surface area contributed by atoms with Gasteiger partial charge in [-0.25, -0.2) is 29.3 Å². The summed E-state index contributed by atoms with van der Waals surface area (Å²) in [7, 11) is 0. The number of hydrogen-bond acceptors (Lipinski definition) is 13. The van der Waals surface area contributed by atoms with Gasteiger partial charge in [0.1, 0.15) is 19.5 Å². The molecule has 56 heavy (non-hydrogen) atoms. The van der Waals surface area contributed by atoms with Gasteiger partial charge in [-0.2, -0.15) is 0 Å². The van der Waals surface area contributed by atoms with E-state index in [9.17, 15) is 24.0 Å². The minimum absolute atomic E-state index is 0.0662. The average molecular weight is 756 g/mol. The molecule has 0 spiro atoms. The fourth-order valence-electron chi connectivity index (χ4n) is 6.15.